The quantitative estimate of drug-likeness (QED) is 0.704. The molecular formula is C8H12F2O2. The van der Waals surface area contributed by atoms with Gasteiger partial charge in [-0.15, -0.1) is 0 Å². The molecule has 1 atom stereocenters. The third-order valence-electron chi connectivity index (χ3n) is 2.21. The molecule has 0 spiro atoms. The molecule has 1 N–H and O–H groups in total. The summed E-state index contributed by atoms with van der Waals surface area (Å²) in [5.41, 5.74) is 0. The molecule has 1 aliphatic rings. The van der Waals surface area contributed by atoms with Crippen molar-refractivity contribution < 1.29 is 18.7 Å². The van der Waals surface area contributed by atoms with Crippen LogP contribution in [0, 0.1) is 5.92 Å². The lowest BCUT2D eigenvalue weighted by Gasteiger charge is -2.27. The van der Waals surface area contributed by atoms with Crippen molar-refractivity contribution in [3.8, 4) is 0 Å². The van der Waals surface area contributed by atoms with Gasteiger partial charge in [-0.2, -0.15) is 0 Å². The van der Waals surface area contributed by atoms with E-state index in [4.69, 9.17) is 5.11 Å². The Balaban J connectivity index is 2.41. The van der Waals surface area contributed by atoms with Crippen molar-refractivity contribution >= 4 is 5.97 Å². The maximum atomic E-state index is 12.7. The number of hydrogen-bond donors (Lipinski definition) is 1. The first-order valence-corrected chi connectivity index (χ1v) is 4.09. The van der Waals surface area contributed by atoms with Crippen LogP contribution in [-0.4, -0.2) is 17.0 Å². The molecule has 0 aromatic carbocycles. The van der Waals surface area contributed by atoms with Crippen molar-refractivity contribution in [3.63, 3.8) is 0 Å². The molecular weight excluding hydrogens is 166 g/mol. The van der Waals surface area contributed by atoms with Crippen molar-refractivity contribution in [2.24, 2.45) is 5.92 Å². The van der Waals surface area contributed by atoms with Gasteiger partial charge >= 0.3 is 5.97 Å². The second kappa shape index (κ2) is 3.37. The fourth-order valence-corrected chi connectivity index (χ4v) is 1.70. The van der Waals surface area contributed by atoms with Crippen LogP contribution in [0.25, 0.3) is 0 Å². The summed E-state index contributed by atoms with van der Waals surface area (Å²) in [7, 11) is 0. The largest absolute Gasteiger partial charge is 0.481 e. The van der Waals surface area contributed by atoms with E-state index in [9.17, 15) is 13.6 Å². The molecule has 12 heavy (non-hydrogen) atoms. The lowest BCUT2D eigenvalue weighted by molar-refractivity contribution is -0.139. The fourth-order valence-electron chi connectivity index (χ4n) is 1.70. The molecule has 0 saturated heterocycles. The lowest BCUT2D eigenvalue weighted by Crippen LogP contribution is -2.27. The van der Waals surface area contributed by atoms with Gasteiger partial charge in [0.2, 0.25) is 5.92 Å². The van der Waals surface area contributed by atoms with Gasteiger partial charge in [-0.1, -0.05) is 0 Å². The zero-order chi connectivity index (χ0) is 9.19. The second-order valence-electron chi connectivity index (χ2n) is 3.42. The second-order valence-corrected chi connectivity index (χ2v) is 3.42. The van der Waals surface area contributed by atoms with E-state index in [-0.39, 0.29) is 25.2 Å². The molecule has 0 aliphatic heterocycles. The molecule has 1 rings (SSSR count). The molecule has 4 heteroatoms. The first kappa shape index (κ1) is 9.42. The Morgan fingerprint density at radius 1 is 1.58 bits per heavy atom. The predicted molar refractivity (Wildman–Crippen MR) is 39.2 cm³/mol. The van der Waals surface area contributed by atoms with Crippen LogP contribution in [-0.2, 0) is 4.79 Å². The molecule has 0 bridgehead atoms. The Hall–Kier alpha value is -0.670. The number of alkyl halides is 2. The molecule has 70 valence electrons. The summed E-state index contributed by atoms with van der Waals surface area (Å²) in [6.07, 6.45) is 0.630. The lowest BCUT2D eigenvalue weighted by atomic mass is 9.84. The minimum Gasteiger partial charge on any atom is -0.481 e. The van der Waals surface area contributed by atoms with Crippen LogP contribution in [0.4, 0.5) is 8.78 Å². The Kier molecular flexibility index (Phi) is 2.65. The van der Waals surface area contributed by atoms with Crippen LogP contribution in [0.5, 0.6) is 0 Å². The van der Waals surface area contributed by atoms with Gasteiger partial charge < -0.3 is 5.11 Å². The van der Waals surface area contributed by atoms with E-state index in [0.29, 0.717) is 12.8 Å². The van der Waals surface area contributed by atoms with Crippen LogP contribution in [0.1, 0.15) is 32.1 Å². The van der Waals surface area contributed by atoms with Gasteiger partial charge in [-0.3, -0.25) is 4.79 Å². The van der Waals surface area contributed by atoms with Gasteiger partial charge in [-0.05, 0) is 18.8 Å². The van der Waals surface area contributed by atoms with E-state index in [1.165, 1.54) is 0 Å². The number of rotatable bonds is 2. The van der Waals surface area contributed by atoms with Crippen LogP contribution >= 0.6 is 0 Å². The topological polar surface area (TPSA) is 37.3 Å². The van der Waals surface area contributed by atoms with E-state index in [2.05, 4.69) is 0 Å². The number of carboxylic acid groups (broad SMARTS) is 1. The summed E-state index contributed by atoms with van der Waals surface area (Å²) in [6.45, 7) is 0. The Labute approximate surface area is 69.6 Å². The molecule has 0 aromatic heterocycles. The van der Waals surface area contributed by atoms with Gasteiger partial charge in [0.25, 0.3) is 0 Å². The molecule has 2 nitrogen and oxygen atoms in total. The molecule has 1 aliphatic carbocycles. The molecule has 1 fully saturated rings. The zero-order valence-electron chi connectivity index (χ0n) is 6.72. The van der Waals surface area contributed by atoms with E-state index < -0.39 is 11.9 Å². The maximum absolute atomic E-state index is 12.7. The van der Waals surface area contributed by atoms with Crippen molar-refractivity contribution in [2.75, 3.05) is 0 Å². The van der Waals surface area contributed by atoms with Crippen LogP contribution in [0.2, 0.25) is 0 Å². The van der Waals surface area contributed by atoms with Gasteiger partial charge in [0.15, 0.2) is 0 Å². The zero-order valence-corrected chi connectivity index (χ0v) is 6.72. The summed E-state index contributed by atoms with van der Waals surface area (Å²) >= 11 is 0. The van der Waals surface area contributed by atoms with Gasteiger partial charge in [0.1, 0.15) is 0 Å². The average Bonchev–Trinajstić information content (AvgIpc) is 1.82. The first-order valence-electron chi connectivity index (χ1n) is 4.09. The van der Waals surface area contributed by atoms with E-state index in [1.807, 2.05) is 0 Å². The average molecular weight is 178 g/mol. The molecule has 0 unspecified atom stereocenters. The first-order chi connectivity index (χ1) is 5.49. The number of aliphatic carboxylic acids is 1. The predicted octanol–water partition coefficient (Wildman–Crippen LogP) is 2.29. The highest BCUT2D eigenvalue weighted by atomic mass is 19.3. The Bertz CT molecular complexity index is 180. The van der Waals surface area contributed by atoms with E-state index in [0.717, 1.165) is 0 Å². The summed E-state index contributed by atoms with van der Waals surface area (Å²) in [5, 5.41) is 8.39. The third-order valence-corrected chi connectivity index (χ3v) is 2.21. The van der Waals surface area contributed by atoms with Crippen LogP contribution in [0.3, 0.4) is 0 Å². The highest BCUT2D eigenvalue weighted by molar-refractivity contribution is 5.67. The normalized spacial score (nSPS) is 28.3. The highest BCUT2D eigenvalue weighted by Gasteiger charge is 2.36. The van der Waals surface area contributed by atoms with Crippen molar-refractivity contribution in [3.05, 3.63) is 0 Å². The summed E-state index contributed by atoms with van der Waals surface area (Å²) in [4.78, 5) is 10.2. The number of hydrogen-bond acceptors (Lipinski definition) is 1. The van der Waals surface area contributed by atoms with E-state index >= 15 is 0 Å². The number of carboxylic acids is 1. The van der Waals surface area contributed by atoms with Crippen molar-refractivity contribution in [2.45, 2.75) is 38.0 Å². The van der Waals surface area contributed by atoms with Crippen molar-refractivity contribution in [1.82, 2.24) is 0 Å². The summed E-state index contributed by atoms with van der Waals surface area (Å²) in [6, 6.07) is 0. The van der Waals surface area contributed by atoms with Crippen LogP contribution in [0.15, 0.2) is 0 Å². The standard InChI is InChI=1S/C8H12F2O2/c9-8(10)3-1-2-6(5-8)4-7(11)12/h6H,1-5H2,(H,11,12)/t6-/m1/s1. The monoisotopic (exact) mass is 178 g/mol. The van der Waals surface area contributed by atoms with Crippen LogP contribution < -0.4 is 0 Å². The molecule has 0 radical (unpaired) electrons. The van der Waals surface area contributed by atoms with Gasteiger partial charge in [-0.25, -0.2) is 8.78 Å². The smallest absolute Gasteiger partial charge is 0.303 e. The minimum atomic E-state index is -2.63. The third kappa shape index (κ3) is 2.75. The summed E-state index contributed by atoms with van der Waals surface area (Å²) in [5.74, 6) is -3.93. The van der Waals surface area contributed by atoms with Gasteiger partial charge in [0.05, 0.1) is 0 Å². The fraction of sp³-hybridized carbons (Fsp3) is 0.875. The Morgan fingerprint density at radius 3 is 2.75 bits per heavy atom. The molecule has 0 amide bonds. The Morgan fingerprint density at radius 2 is 2.25 bits per heavy atom. The number of carbonyl (C=O) groups is 1. The minimum absolute atomic E-state index is 0.0802. The summed E-state index contributed by atoms with van der Waals surface area (Å²) < 4.78 is 25.4. The molecule has 1 saturated carbocycles. The highest BCUT2D eigenvalue weighted by Crippen LogP contribution is 2.37. The molecule has 0 heterocycles. The van der Waals surface area contributed by atoms with E-state index in [1.54, 1.807) is 0 Å². The van der Waals surface area contributed by atoms with Crippen molar-refractivity contribution in [1.29, 1.82) is 0 Å². The van der Waals surface area contributed by atoms with Gasteiger partial charge in [0, 0.05) is 19.3 Å². The number of halogens is 2. The molecule has 0 aromatic rings. The SMILES string of the molecule is O=C(O)C[C@H]1CCCC(F)(F)C1. The maximum Gasteiger partial charge on any atom is 0.303 e.